The van der Waals surface area contributed by atoms with Gasteiger partial charge < -0.3 is 15.4 Å². The number of rotatable bonds is 7. The predicted octanol–water partition coefficient (Wildman–Crippen LogP) is 3.90. The van der Waals surface area contributed by atoms with Gasteiger partial charge in [0.15, 0.2) is 0 Å². The van der Waals surface area contributed by atoms with E-state index in [1.165, 1.54) is 0 Å². The van der Waals surface area contributed by atoms with Crippen LogP contribution in [0.4, 0.5) is 5.69 Å². The van der Waals surface area contributed by atoms with Gasteiger partial charge in [-0.1, -0.05) is 39.7 Å². The van der Waals surface area contributed by atoms with Crippen LogP contribution >= 0.6 is 15.9 Å². The van der Waals surface area contributed by atoms with Crippen LogP contribution < -0.4 is 15.4 Å². The summed E-state index contributed by atoms with van der Waals surface area (Å²) in [6, 6.07) is 11.4. The molecule has 0 aromatic heterocycles. The number of hydrogen-bond donors (Lipinski definition) is 2. The van der Waals surface area contributed by atoms with Gasteiger partial charge in [0.05, 0.1) is 19.6 Å². The van der Waals surface area contributed by atoms with E-state index in [9.17, 15) is 9.59 Å². The Hall–Kier alpha value is -2.34. The Morgan fingerprint density at radius 1 is 1.04 bits per heavy atom. The fourth-order valence-corrected chi connectivity index (χ4v) is 3.02. The number of anilines is 1. The molecule has 2 aromatic rings. The number of carbonyl (C=O) groups is 2. The van der Waals surface area contributed by atoms with Crippen molar-refractivity contribution in [1.29, 1.82) is 0 Å². The zero-order valence-electron chi connectivity index (χ0n) is 15.2. The molecule has 0 aliphatic carbocycles. The van der Waals surface area contributed by atoms with Crippen molar-refractivity contribution in [3.05, 3.63) is 57.6 Å². The van der Waals surface area contributed by atoms with Gasteiger partial charge in [-0.25, -0.2) is 0 Å². The maximum atomic E-state index is 12.1. The largest absolute Gasteiger partial charge is 0.493 e. The summed E-state index contributed by atoms with van der Waals surface area (Å²) in [4.78, 5) is 23.9. The third kappa shape index (κ3) is 6.19. The average Bonchev–Trinajstić information content (AvgIpc) is 2.56. The molecule has 2 rings (SSSR count). The maximum absolute atomic E-state index is 12.1. The van der Waals surface area contributed by atoms with Crippen molar-refractivity contribution in [3.63, 3.8) is 0 Å². The molecule has 0 spiro atoms. The van der Waals surface area contributed by atoms with Crippen LogP contribution in [0.15, 0.2) is 40.9 Å². The Balaban J connectivity index is 1.74. The van der Waals surface area contributed by atoms with Gasteiger partial charge in [0, 0.05) is 10.2 Å². The number of halogens is 1. The Bertz CT molecular complexity index is 782. The highest BCUT2D eigenvalue weighted by atomic mass is 79.9. The van der Waals surface area contributed by atoms with E-state index in [0.29, 0.717) is 5.75 Å². The normalized spacial score (nSPS) is 10.3. The molecule has 0 atom stereocenters. The van der Waals surface area contributed by atoms with Crippen molar-refractivity contribution in [3.8, 4) is 5.75 Å². The van der Waals surface area contributed by atoms with Crippen LogP contribution in [0.5, 0.6) is 5.75 Å². The highest BCUT2D eigenvalue weighted by molar-refractivity contribution is 9.10. The Kier molecular flexibility index (Phi) is 7.21. The smallest absolute Gasteiger partial charge is 0.243 e. The molecule has 0 fully saturated rings. The zero-order chi connectivity index (χ0) is 19.1. The van der Waals surface area contributed by atoms with E-state index in [-0.39, 0.29) is 31.4 Å². The van der Waals surface area contributed by atoms with Crippen LogP contribution in [-0.4, -0.2) is 25.0 Å². The molecular weight excluding hydrogens is 396 g/mol. The van der Waals surface area contributed by atoms with Crippen molar-refractivity contribution < 1.29 is 14.3 Å². The minimum Gasteiger partial charge on any atom is -0.493 e. The first-order valence-corrected chi connectivity index (χ1v) is 9.17. The van der Waals surface area contributed by atoms with E-state index in [4.69, 9.17) is 4.74 Å². The molecule has 0 aliphatic rings. The van der Waals surface area contributed by atoms with E-state index >= 15 is 0 Å². The van der Waals surface area contributed by atoms with E-state index in [0.717, 1.165) is 26.9 Å². The number of hydrogen-bond acceptors (Lipinski definition) is 3. The molecule has 0 saturated heterocycles. The van der Waals surface area contributed by atoms with Crippen LogP contribution in [0.25, 0.3) is 0 Å². The molecule has 2 amide bonds. The molecule has 0 unspecified atom stereocenters. The Morgan fingerprint density at radius 2 is 1.73 bits per heavy atom. The summed E-state index contributed by atoms with van der Waals surface area (Å²) in [5.74, 6) is 0.212. The summed E-state index contributed by atoms with van der Waals surface area (Å²) in [7, 11) is 0. The summed E-state index contributed by atoms with van der Waals surface area (Å²) >= 11 is 3.36. The monoisotopic (exact) mass is 418 g/mol. The van der Waals surface area contributed by atoms with Gasteiger partial charge in [-0.3, -0.25) is 9.59 Å². The Labute approximate surface area is 162 Å². The van der Waals surface area contributed by atoms with Crippen LogP contribution in [-0.2, 0) is 9.59 Å². The lowest BCUT2D eigenvalue weighted by Gasteiger charge is -2.13. The molecular formula is C20H23BrN2O3. The van der Waals surface area contributed by atoms with Crippen molar-refractivity contribution in [2.45, 2.75) is 27.2 Å². The van der Waals surface area contributed by atoms with E-state index in [1.807, 2.05) is 57.2 Å². The molecule has 6 heteroatoms. The summed E-state index contributed by atoms with van der Waals surface area (Å²) in [5.41, 5.74) is 3.96. The third-order valence-corrected chi connectivity index (χ3v) is 4.27. The summed E-state index contributed by atoms with van der Waals surface area (Å²) in [6.45, 7) is 6.10. The quantitative estimate of drug-likeness (QED) is 0.716. The summed E-state index contributed by atoms with van der Waals surface area (Å²) in [6.07, 6.45) is 0.183. The van der Waals surface area contributed by atoms with Crippen molar-refractivity contribution in [2.75, 3.05) is 18.5 Å². The fourth-order valence-electron chi connectivity index (χ4n) is 2.65. The molecule has 0 bridgehead atoms. The second-order valence-electron chi connectivity index (χ2n) is 6.15. The first kappa shape index (κ1) is 20.0. The van der Waals surface area contributed by atoms with Gasteiger partial charge in [-0.2, -0.15) is 0 Å². The van der Waals surface area contributed by atoms with Gasteiger partial charge in [0.25, 0.3) is 0 Å². The standard InChI is InChI=1S/C20H23BrN2O3/c1-13-9-14(2)20(15(3)10-13)23-19(25)12-22-18(24)7-8-26-17-6-4-5-16(21)11-17/h4-6,9-11H,7-8,12H2,1-3H3,(H,22,24)(H,23,25). The summed E-state index contributed by atoms with van der Waals surface area (Å²) < 4.78 is 6.43. The number of benzene rings is 2. The van der Waals surface area contributed by atoms with Gasteiger partial charge in [0.1, 0.15) is 5.75 Å². The van der Waals surface area contributed by atoms with Crippen molar-refractivity contribution >= 4 is 33.4 Å². The molecule has 0 aliphatic heterocycles. The molecule has 138 valence electrons. The Morgan fingerprint density at radius 3 is 2.38 bits per heavy atom. The topological polar surface area (TPSA) is 67.4 Å². The van der Waals surface area contributed by atoms with Crippen molar-refractivity contribution in [1.82, 2.24) is 5.32 Å². The van der Waals surface area contributed by atoms with Gasteiger partial charge in [0.2, 0.25) is 11.8 Å². The molecule has 2 N–H and O–H groups in total. The molecule has 0 radical (unpaired) electrons. The van der Waals surface area contributed by atoms with Gasteiger partial charge in [-0.15, -0.1) is 0 Å². The van der Waals surface area contributed by atoms with E-state index < -0.39 is 0 Å². The molecule has 0 saturated carbocycles. The first-order valence-electron chi connectivity index (χ1n) is 8.38. The second kappa shape index (κ2) is 9.38. The maximum Gasteiger partial charge on any atom is 0.243 e. The number of amides is 2. The third-order valence-electron chi connectivity index (χ3n) is 3.78. The minimum absolute atomic E-state index is 0.0670. The first-order chi connectivity index (χ1) is 12.3. The molecule has 5 nitrogen and oxygen atoms in total. The predicted molar refractivity (Wildman–Crippen MR) is 107 cm³/mol. The number of carbonyl (C=O) groups excluding carboxylic acids is 2. The van der Waals surface area contributed by atoms with Crippen LogP contribution in [0.2, 0.25) is 0 Å². The molecule has 2 aromatic carbocycles. The highest BCUT2D eigenvalue weighted by Crippen LogP contribution is 2.21. The van der Waals surface area contributed by atoms with E-state index in [2.05, 4.69) is 26.6 Å². The molecule has 0 heterocycles. The van der Waals surface area contributed by atoms with E-state index in [1.54, 1.807) is 0 Å². The van der Waals surface area contributed by atoms with Gasteiger partial charge >= 0.3 is 0 Å². The number of nitrogens with one attached hydrogen (secondary N) is 2. The minimum atomic E-state index is -0.249. The molecule has 26 heavy (non-hydrogen) atoms. The van der Waals surface area contributed by atoms with Crippen molar-refractivity contribution in [2.24, 2.45) is 0 Å². The lowest BCUT2D eigenvalue weighted by molar-refractivity contribution is -0.124. The number of aryl methyl sites for hydroxylation is 3. The summed E-state index contributed by atoms with van der Waals surface area (Å²) in [5, 5.41) is 5.47. The van der Waals surface area contributed by atoms with Crippen LogP contribution in [0.1, 0.15) is 23.1 Å². The van der Waals surface area contributed by atoms with Crippen LogP contribution in [0.3, 0.4) is 0 Å². The SMILES string of the molecule is Cc1cc(C)c(NC(=O)CNC(=O)CCOc2cccc(Br)c2)c(C)c1. The average molecular weight is 419 g/mol. The highest BCUT2D eigenvalue weighted by Gasteiger charge is 2.10. The second-order valence-corrected chi connectivity index (χ2v) is 7.07. The van der Waals surface area contributed by atoms with Crippen LogP contribution in [0, 0.1) is 20.8 Å². The lowest BCUT2D eigenvalue weighted by Crippen LogP contribution is -2.33. The fraction of sp³-hybridized carbons (Fsp3) is 0.300. The lowest BCUT2D eigenvalue weighted by atomic mass is 10.1. The van der Waals surface area contributed by atoms with Gasteiger partial charge in [-0.05, 0) is 50.1 Å². The number of ether oxygens (including phenoxy) is 1. The zero-order valence-corrected chi connectivity index (χ0v) is 16.8.